The molecule has 2 aliphatic heterocycles. The van der Waals surface area contributed by atoms with E-state index < -0.39 is 5.97 Å². The first kappa shape index (κ1) is 14.1. The average Bonchev–Trinajstić information content (AvgIpc) is 3.08. The minimum absolute atomic E-state index is 0.0792. The van der Waals surface area contributed by atoms with Gasteiger partial charge in [0.1, 0.15) is 0 Å². The number of hydrogen-bond donors (Lipinski definition) is 1. The van der Waals surface area contributed by atoms with Crippen LogP contribution >= 0.6 is 0 Å². The SMILES string of the molecule is CCOC(=O)c1cc(N2CCC3(CCNCC3)C2=O)on1. The molecule has 0 unspecified atom stereocenters. The van der Waals surface area contributed by atoms with E-state index in [-0.39, 0.29) is 23.6 Å². The number of rotatable bonds is 3. The van der Waals surface area contributed by atoms with Gasteiger partial charge in [-0.05, 0) is 39.3 Å². The molecule has 1 aromatic rings. The van der Waals surface area contributed by atoms with Crippen molar-refractivity contribution >= 4 is 17.8 Å². The second-order valence-corrected chi connectivity index (χ2v) is 5.51. The topological polar surface area (TPSA) is 84.7 Å². The van der Waals surface area contributed by atoms with Crippen molar-refractivity contribution < 1.29 is 18.8 Å². The molecule has 0 radical (unpaired) electrons. The quantitative estimate of drug-likeness (QED) is 0.836. The molecule has 0 aromatic carbocycles. The van der Waals surface area contributed by atoms with Crippen LogP contribution in [-0.2, 0) is 9.53 Å². The Bertz CT molecular complexity index is 548. The van der Waals surface area contributed by atoms with Gasteiger partial charge >= 0.3 is 5.97 Å². The molecule has 0 bridgehead atoms. The Hall–Kier alpha value is -1.89. The highest BCUT2D eigenvalue weighted by molar-refractivity contribution is 5.99. The van der Waals surface area contributed by atoms with E-state index in [0.717, 1.165) is 32.4 Å². The first-order valence-electron chi connectivity index (χ1n) is 7.33. The molecule has 1 aromatic heterocycles. The van der Waals surface area contributed by atoms with E-state index in [1.807, 2.05) is 0 Å². The summed E-state index contributed by atoms with van der Waals surface area (Å²) in [6.45, 7) is 4.34. The van der Waals surface area contributed by atoms with E-state index >= 15 is 0 Å². The number of nitrogens with zero attached hydrogens (tertiary/aromatic N) is 2. The highest BCUT2D eigenvalue weighted by atomic mass is 16.5. The number of carbonyl (C=O) groups is 2. The van der Waals surface area contributed by atoms with Gasteiger partial charge in [0.25, 0.3) is 0 Å². The van der Waals surface area contributed by atoms with E-state index in [1.54, 1.807) is 11.8 Å². The summed E-state index contributed by atoms with van der Waals surface area (Å²) in [5.74, 6) is -0.121. The van der Waals surface area contributed by atoms with E-state index in [4.69, 9.17) is 9.26 Å². The van der Waals surface area contributed by atoms with Gasteiger partial charge in [0.05, 0.1) is 12.0 Å². The molecule has 3 heterocycles. The Labute approximate surface area is 122 Å². The van der Waals surface area contributed by atoms with E-state index in [1.165, 1.54) is 6.07 Å². The Morgan fingerprint density at radius 2 is 2.24 bits per heavy atom. The maximum absolute atomic E-state index is 12.7. The smallest absolute Gasteiger partial charge is 0.360 e. The second-order valence-electron chi connectivity index (χ2n) is 5.51. The molecule has 2 saturated heterocycles. The first-order valence-corrected chi connectivity index (χ1v) is 7.33. The summed E-state index contributed by atoms with van der Waals surface area (Å²) in [6.07, 6.45) is 2.52. The fourth-order valence-corrected chi connectivity index (χ4v) is 3.09. The predicted molar refractivity (Wildman–Crippen MR) is 74.0 cm³/mol. The molecule has 1 N–H and O–H groups in total. The summed E-state index contributed by atoms with van der Waals surface area (Å²) in [5, 5.41) is 6.97. The number of esters is 1. The van der Waals surface area contributed by atoms with Crippen LogP contribution < -0.4 is 10.2 Å². The normalized spacial score (nSPS) is 21.0. The van der Waals surface area contributed by atoms with E-state index in [2.05, 4.69) is 10.5 Å². The number of hydrogen-bond acceptors (Lipinski definition) is 6. The molecule has 3 rings (SSSR count). The summed E-state index contributed by atoms with van der Waals surface area (Å²) >= 11 is 0. The van der Waals surface area contributed by atoms with Gasteiger partial charge in [0, 0.05) is 12.6 Å². The van der Waals surface area contributed by atoms with Crippen LogP contribution in [0.15, 0.2) is 10.6 Å². The van der Waals surface area contributed by atoms with Crippen molar-refractivity contribution in [1.82, 2.24) is 10.5 Å². The summed E-state index contributed by atoms with van der Waals surface area (Å²) < 4.78 is 10.0. The monoisotopic (exact) mass is 293 g/mol. The summed E-state index contributed by atoms with van der Waals surface area (Å²) in [6, 6.07) is 1.48. The predicted octanol–water partition coefficient (Wildman–Crippen LogP) is 0.958. The minimum Gasteiger partial charge on any atom is -0.461 e. The molecule has 0 atom stereocenters. The molecule has 2 aliphatic rings. The van der Waals surface area contributed by atoms with Crippen LogP contribution in [0, 0.1) is 5.41 Å². The molecule has 21 heavy (non-hydrogen) atoms. The van der Waals surface area contributed by atoms with Crippen molar-refractivity contribution in [2.75, 3.05) is 31.1 Å². The van der Waals surface area contributed by atoms with Crippen molar-refractivity contribution in [3.63, 3.8) is 0 Å². The lowest BCUT2D eigenvalue weighted by Gasteiger charge is -2.31. The van der Waals surface area contributed by atoms with Crippen LogP contribution in [0.4, 0.5) is 5.88 Å². The zero-order valence-corrected chi connectivity index (χ0v) is 12.1. The van der Waals surface area contributed by atoms with Crippen LogP contribution in [0.5, 0.6) is 0 Å². The largest absolute Gasteiger partial charge is 0.461 e. The van der Waals surface area contributed by atoms with Gasteiger partial charge in [-0.2, -0.15) is 0 Å². The van der Waals surface area contributed by atoms with Crippen LogP contribution in [0.1, 0.15) is 36.7 Å². The third-order valence-electron chi connectivity index (χ3n) is 4.32. The summed E-state index contributed by atoms with van der Waals surface area (Å²) in [5.41, 5.74) is -0.173. The number of piperidine rings is 1. The molecule has 7 heteroatoms. The van der Waals surface area contributed by atoms with Crippen LogP contribution in [0.3, 0.4) is 0 Å². The average molecular weight is 293 g/mol. The van der Waals surface area contributed by atoms with Crippen LogP contribution in [0.25, 0.3) is 0 Å². The fourth-order valence-electron chi connectivity index (χ4n) is 3.09. The standard InChI is InChI=1S/C14H19N3O4/c1-2-20-12(18)10-9-11(21-16-10)17-8-5-14(13(17)19)3-6-15-7-4-14/h9,15H,2-8H2,1H3. The lowest BCUT2D eigenvalue weighted by molar-refractivity contribution is -0.127. The maximum atomic E-state index is 12.7. The second kappa shape index (κ2) is 5.48. The van der Waals surface area contributed by atoms with Gasteiger partial charge in [0.15, 0.2) is 5.69 Å². The van der Waals surface area contributed by atoms with Crippen LogP contribution in [-0.4, -0.2) is 43.3 Å². The van der Waals surface area contributed by atoms with Gasteiger partial charge in [-0.1, -0.05) is 5.16 Å². The van der Waals surface area contributed by atoms with Gasteiger partial charge < -0.3 is 14.6 Å². The maximum Gasteiger partial charge on any atom is 0.360 e. The fraction of sp³-hybridized carbons (Fsp3) is 0.643. The van der Waals surface area contributed by atoms with Crippen molar-refractivity contribution in [2.24, 2.45) is 5.41 Å². The van der Waals surface area contributed by atoms with Gasteiger partial charge in [0.2, 0.25) is 11.8 Å². The van der Waals surface area contributed by atoms with Gasteiger partial charge in [-0.3, -0.25) is 9.69 Å². The molecule has 7 nitrogen and oxygen atoms in total. The molecule has 1 amide bonds. The Morgan fingerprint density at radius 3 is 2.95 bits per heavy atom. The Kier molecular flexibility index (Phi) is 3.67. The van der Waals surface area contributed by atoms with Gasteiger partial charge in [-0.25, -0.2) is 4.79 Å². The zero-order chi connectivity index (χ0) is 14.9. The molecule has 0 saturated carbocycles. The number of ether oxygens (including phenoxy) is 1. The first-order chi connectivity index (χ1) is 10.2. The van der Waals surface area contributed by atoms with Crippen molar-refractivity contribution in [2.45, 2.75) is 26.2 Å². The van der Waals surface area contributed by atoms with Crippen molar-refractivity contribution in [3.8, 4) is 0 Å². The molecular weight excluding hydrogens is 274 g/mol. The number of carbonyl (C=O) groups excluding carboxylic acids is 2. The number of anilines is 1. The highest BCUT2D eigenvalue weighted by Crippen LogP contribution is 2.41. The number of aromatic nitrogens is 1. The molecule has 0 aliphatic carbocycles. The summed E-state index contributed by atoms with van der Waals surface area (Å²) in [7, 11) is 0. The van der Waals surface area contributed by atoms with Crippen molar-refractivity contribution in [1.29, 1.82) is 0 Å². The van der Waals surface area contributed by atoms with Gasteiger partial charge in [-0.15, -0.1) is 0 Å². The van der Waals surface area contributed by atoms with E-state index in [0.29, 0.717) is 12.4 Å². The third kappa shape index (κ3) is 2.42. The van der Waals surface area contributed by atoms with Crippen LogP contribution in [0.2, 0.25) is 0 Å². The third-order valence-corrected chi connectivity index (χ3v) is 4.32. The lowest BCUT2D eigenvalue weighted by atomic mass is 9.78. The highest BCUT2D eigenvalue weighted by Gasteiger charge is 2.48. The number of amides is 1. The lowest BCUT2D eigenvalue weighted by Crippen LogP contribution is -2.42. The Morgan fingerprint density at radius 1 is 1.48 bits per heavy atom. The number of nitrogens with one attached hydrogen (secondary N) is 1. The minimum atomic E-state index is -0.532. The Balaban J connectivity index is 1.76. The molecule has 1 spiro atoms. The van der Waals surface area contributed by atoms with Crippen molar-refractivity contribution in [3.05, 3.63) is 11.8 Å². The molecule has 114 valence electrons. The molecule has 2 fully saturated rings. The zero-order valence-electron chi connectivity index (χ0n) is 12.1. The van der Waals surface area contributed by atoms with E-state index in [9.17, 15) is 9.59 Å². The summed E-state index contributed by atoms with van der Waals surface area (Å²) in [4.78, 5) is 25.9. The molecular formula is C14H19N3O4.